The van der Waals surface area contributed by atoms with Gasteiger partial charge in [-0.3, -0.25) is 4.79 Å². The highest BCUT2D eigenvalue weighted by Gasteiger charge is 2.26. The Morgan fingerprint density at radius 2 is 2.05 bits per heavy atom. The maximum atomic E-state index is 12.6. The molecule has 0 spiro atoms. The molecule has 1 aliphatic heterocycles. The molecular formula is C15H22N2OS. The Kier molecular flexibility index (Phi) is 3.89. The summed E-state index contributed by atoms with van der Waals surface area (Å²) in [7, 11) is 2.01. The number of hydrogen-bond donors (Lipinski definition) is 1. The van der Waals surface area contributed by atoms with Crippen LogP contribution in [0, 0.1) is 0 Å². The SMILES string of the molecule is CNC1CCN(C(=O)c2csc3c2CCCC3)CC1. The quantitative estimate of drug-likeness (QED) is 0.901. The number of nitrogens with zero attached hydrogens (tertiary/aromatic N) is 1. The number of carbonyl (C=O) groups excluding carboxylic acids is 1. The van der Waals surface area contributed by atoms with E-state index in [2.05, 4.69) is 10.7 Å². The zero-order valence-electron chi connectivity index (χ0n) is 11.6. The van der Waals surface area contributed by atoms with Crippen molar-refractivity contribution in [1.82, 2.24) is 10.2 Å². The maximum Gasteiger partial charge on any atom is 0.254 e. The second-order valence-electron chi connectivity index (χ2n) is 5.61. The van der Waals surface area contributed by atoms with E-state index in [1.165, 1.54) is 29.7 Å². The van der Waals surface area contributed by atoms with Crippen LogP contribution in [0.1, 0.15) is 46.5 Å². The minimum Gasteiger partial charge on any atom is -0.338 e. The summed E-state index contributed by atoms with van der Waals surface area (Å²) in [6.45, 7) is 1.80. The number of fused-ring (bicyclic) bond motifs is 1. The van der Waals surface area contributed by atoms with Crippen molar-refractivity contribution in [2.45, 2.75) is 44.6 Å². The van der Waals surface area contributed by atoms with Gasteiger partial charge >= 0.3 is 0 Å². The van der Waals surface area contributed by atoms with E-state index in [0.29, 0.717) is 6.04 Å². The van der Waals surface area contributed by atoms with E-state index in [0.717, 1.165) is 37.9 Å². The van der Waals surface area contributed by atoms with Crippen molar-refractivity contribution in [3.63, 3.8) is 0 Å². The van der Waals surface area contributed by atoms with Gasteiger partial charge in [-0.2, -0.15) is 0 Å². The smallest absolute Gasteiger partial charge is 0.254 e. The van der Waals surface area contributed by atoms with Crippen LogP contribution in [-0.2, 0) is 12.8 Å². The molecule has 104 valence electrons. The molecule has 0 bridgehead atoms. The normalized spacial score (nSPS) is 20.4. The van der Waals surface area contributed by atoms with Crippen molar-refractivity contribution in [2.75, 3.05) is 20.1 Å². The molecule has 1 saturated heterocycles. The van der Waals surface area contributed by atoms with E-state index in [1.807, 2.05) is 11.9 Å². The van der Waals surface area contributed by atoms with Gasteiger partial charge in [-0.15, -0.1) is 11.3 Å². The molecule has 3 nitrogen and oxygen atoms in total. The third kappa shape index (κ3) is 2.56. The van der Waals surface area contributed by atoms with Gasteiger partial charge in [0, 0.05) is 29.4 Å². The van der Waals surface area contributed by atoms with Crippen LogP contribution < -0.4 is 5.32 Å². The fraction of sp³-hybridized carbons (Fsp3) is 0.667. The van der Waals surface area contributed by atoms with Crippen molar-refractivity contribution in [3.05, 3.63) is 21.4 Å². The Bertz CT molecular complexity index is 461. The second-order valence-corrected chi connectivity index (χ2v) is 6.58. The van der Waals surface area contributed by atoms with Crippen LogP contribution >= 0.6 is 11.3 Å². The number of carbonyl (C=O) groups is 1. The number of amides is 1. The Morgan fingerprint density at radius 1 is 1.32 bits per heavy atom. The Balaban J connectivity index is 1.72. The summed E-state index contributed by atoms with van der Waals surface area (Å²) < 4.78 is 0. The summed E-state index contributed by atoms with van der Waals surface area (Å²) >= 11 is 1.79. The molecule has 1 aliphatic carbocycles. The van der Waals surface area contributed by atoms with Gasteiger partial charge in [-0.25, -0.2) is 0 Å². The number of hydrogen-bond acceptors (Lipinski definition) is 3. The molecule has 0 atom stereocenters. The van der Waals surface area contributed by atoms with Crippen LogP contribution in [-0.4, -0.2) is 37.0 Å². The molecule has 0 unspecified atom stereocenters. The van der Waals surface area contributed by atoms with Gasteiger partial charge in [0.15, 0.2) is 0 Å². The van der Waals surface area contributed by atoms with Crippen LogP contribution in [0.15, 0.2) is 5.38 Å². The van der Waals surface area contributed by atoms with Gasteiger partial charge in [0.2, 0.25) is 0 Å². The molecule has 1 amide bonds. The standard InChI is InChI=1S/C15H22N2OS/c1-16-11-6-8-17(9-7-11)15(18)13-10-19-14-5-3-2-4-12(13)14/h10-11,16H,2-9H2,1H3. The molecule has 0 radical (unpaired) electrons. The maximum absolute atomic E-state index is 12.6. The Morgan fingerprint density at radius 3 is 2.79 bits per heavy atom. The lowest BCUT2D eigenvalue weighted by molar-refractivity contribution is 0.0706. The van der Waals surface area contributed by atoms with Gasteiger partial charge < -0.3 is 10.2 Å². The highest BCUT2D eigenvalue weighted by Crippen LogP contribution is 2.31. The lowest BCUT2D eigenvalue weighted by Gasteiger charge is -2.32. The predicted octanol–water partition coefficient (Wildman–Crippen LogP) is 2.45. The largest absolute Gasteiger partial charge is 0.338 e. The molecule has 1 fully saturated rings. The summed E-state index contributed by atoms with van der Waals surface area (Å²) in [5.41, 5.74) is 2.36. The molecule has 2 aliphatic rings. The van der Waals surface area contributed by atoms with Crippen molar-refractivity contribution in [3.8, 4) is 0 Å². The molecule has 1 aromatic rings. The lowest BCUT2D eigenvalue weighted by atomic mass is 9.95. The number of thiophene rings is 1. The first-order valence-electron chi connectivity index (χ1n) is 7.35. The van der Waals surface area contributed by atoms with Gasteiger partial charge in [0.1, 0.15) is 0 Å². The summed E-state index contributed by atoms with van der Waals surface area (Å²) in [4.78, 5) is 16.1. The van der Waals surface area contributed by atoms with Crippen molar-refractivity contribution < 1.29 is 4.79 Å². The molecule has 0 saturated carbocycles. The predicted molar refractivity (Wildman–Crippen MR) is 78.9 cm³/mol. The van der Waals surface area contributed by atoms with E-state index in [-0.39, 0.29) is 5.91 Å². The third-order valence-corrected chi connectivity index (χ3v) is 5.57. The fourth-order valence-electron chi connectivity index (χ4n) is 3.21. The highest BCUT2D eigenvalue weighted by molar-refractivity contribution is 7.10. The van der Waals surface area contributed by atoms with E-state index < -0.39 is 0 Å². The van der Waals surface area contributed by atoms with E-state index in [4.69, 9.17) is 0 Å². The summed E-state index contributed by atoms with van der Waals surface area (Å²) in [6.07, 6.45) is 6.96. The fourth-order valence-corrected chi connectivity index (χ4v) is 4.33. The van der Waals surface area contributed by atoms with E-state index in [1.54, 1.807) is 11.3 Å². The zero-order chi connectivity index (χ0) is 13.2. The average molecular weight is 278 g/mol. The van der Waals surface area contributed by atoms with Crippen LogP contribution in [0.5, 0.6) is 0 Å². The Hall–Kier alpha value is -0.870. The number of likely N-dealkylation sites (tertiary alicyclic amines) is 1. The summed E-state index contributed by atoms with van der Waals surface area (Å²) in [5.74, 6) is 0.272. The molecular weight excluding hydrogens is 256 g/mol. The van der Waals surface area contributed by atoms with Crippen LogP contribution in [0.4, 0.5) is 0 Å². The second kappa shape index (κ2) is 5.63. The molecule has 2 heterocycles. The van der Waals surface area contributed by atoms with Crippen molar-refractivity contribution >= 4 is 17.2 Å². The van der Waals surface area contributed by atoms with Crippen molar-refractivity contribution in [2.24, 2.45) is 0 Å². The monoisotopic (exact) mass is 278 g/mol. The first kappa shape index (κ1) is 13.1. The van der Waals surface area contributed by atoms with Gasteiger partial charge in [-0.05, 0) is 51.1 Å². The minimum absolute atomic E-state index is 0.272. The average Bonchev–Trinajstić information content (AvgIpc) is 2.90. The molecule has 0 aromatic carbocycles. The van der Waals surface area contributed by atoms with E-state index in [9.17, 15) is 4.79 Å². The third-order valence-electron chi connectivity index (χ3n) is 4.48. The first-order chi connectivity index (χ1) is 9.29. The van der Waals surface area contributed by atoms with Crippen molar-refractivity contribution in [1.29, 1.82) is 0 Å². The zero-order valence-corrected chi connectivity index (χ0v) is 12.4. The van der Waals surface area contributed by atoms with Crippen LogP contribution in [0.25, 0.3) is 0 Å². The molecule has 1 N–H and O–H groups in total. The number of piperidine rings is 1. The number of rotatable bonds is 2. The Labute approximate surface area is 119 Å². The van der Waals surface area contributed by atoms with Crippen LogP contribution in [0.2, 0.25) is 0 Å². The molecule has 19 heavy (non-hydrogen) atoms. The summed E-state index contributed by atoms with van der Waals surface area (Å²) in [5, 5.41) is 5.41. The topological polar surface area (TPSA) is 32.3 Å². The van der Waals surface area contributed by atoms with Gasteiger partial charge in [0.05, 0.1) is 5.56 Å². The lowest BCUT2D eigenvalue weighted by Crippen LogP contribution is -2.44. The molecule has 4 heteroatoms. The van der Waals surface area contributed by atoms with Crippen LogP contribution in [0.3, 0.4) is 0 Å². The van der Waals surface area contributed by atoms with Gasteiger partial charge in [-0.1, -0.05) is 0 Å². The number of nitrogens with one attached hydrogen (secondary N) is 1. The minimum atomic E-state index is 0.272. The highest BCUT2D eigenvalue weighted by atomic mass is 32.1. The number of aryl methyl sites for hydroxylation is 1. The molecule has 1 aromatic heterocycles. The summed E-state index contributed by atoms with van der Waals surface area (Å²) in [6, 6.07) is 0.584. The first-order valence-corrected chi connectivity index (χ1v) is 8.23. The van der Waals surface area contributed by atoms with Gasteiger partial charge in [0.25, 0.3) is 5.91 Å². The van der Waals surface area contributed by atoms with E-state index >= 15 is 0 Å². The molecule has 3 rings (SSSR count).